The van der Waals surface area contributed by atoms with E-state index in [1.165, 1.54) is 12.8 Å². The van der Waals surface area contributed by atoms with Crippen molar-refractivity contribution in [3.63, 3.8) is 0 Å². The van der Waals surface area contributed by atoms with Gasteiger partial charge in [0.15, 0.2) is 0 Å². The highest BCUT2D eigenvalue weighted by molar-refractivity contribution is 6.03. The Bertz CT molecular complexity index is 209. The lowest BCUT2D eigenvalue weighted by molar-refractivity contribution is -0.127. The van der Waals surface area contributed by atoms with Crippen molar-refractivity contribution in [2.24, 2.45) is 0 Å². The minimum Gasteiger partial charge on any atom is -0.303 e. The molecule has 0 N–H and O–H groups in total. The van der Waals surface area contributed by atoms with Crippen LogP contribution in [-0.2, 0) is 14.4 Å². The van der Waals surface area contributed by atoms with Crippen LogP contribution in [0.25, 0.3) is 0 Å². The summed E-state index contributed by atoms with van der Waals surface area (Å²) in [5.74, 6) is -0.290. The molecule has 0 aliphatic rings. The smallest absolute Gasteiger partial charge is 0.147 e. The van der Waals surface area contributed by atoms with Crippen LogP contribution in [0.1, 0.15) is 58.3 Å². The number of ketones is 2. The van der Waals surface area contributed by atoms with E-state index in [0.29, 0.717) is 12.7 Å². The molecule has 0 saturated carbocycles. The Morgan fingerprint density at radius 1 is 1.00 bits per heavy atom. The summed E-state index contributed by atoms with van der Waals surface area (Å²) in [6, 6.07) is 0. The van der Waals surface area contributed by atoms with Gasteiger partial charge in [-0.05, 0) is 6.42 Å². The third-order valence-corrected chi connectivity index (χ3v) is 2.26. The van der Waals surface area contributed by atoms with Crippen LogP contribution < -0.4 is 0 Å². The van der Waals surface area contributed by atoms with E-state index in [4.69, 9.17) is 0 Å². The molecule has 3 nitrogen and oxygen atoms in total. The van der Waals surface area contributed by atoms with Crippen LogP contribution in [0.4, 0.5) is 0 Å². The van der Waals surface area contributed by atoms with Crippen LogP contribution in [-0.4, -0.2) is 17.9 Å². The largest absolute Gasteiger partial charge is 0.303 e. The summed E-state index contributed by atoms with van der Waals surface area (Å²) < 4.78 is 0. The fraction of sp³-hybridized carbons (Fsp3) is 0.750. The lowest BCUT2D eigenvalue weighted by atomic mass is 10.1. The minimum atomic E-state index is -0.261. The lowest BCUT2D eigenvalue weighted by Crippen LogP contribution is -2.07. The molecule has 0 aromatic heterocycles. The van der Waals surface area contributed by atoms with Crippen LogP contribution in [0.5, 0.6) is 0 Å². The van der Waals surface area contributed by atoms with Crippen LogP contribution in [0.3, 0.4) is 0 Å². The number of rotatable bonds is 10. The fourth-order valence-electron chi connectivity index (χ4n) is 1.40. The number of hydrogen-bond acceptors (Lipinski definition) is 3. The van der Waals surface area contributed by atoms with E-state index >= 15 is 0 Å². The first kappa shape index (κ1) is 14.0. The Kier molecular flexibility index (Phi) is 8.93. The van der Waals surface area contributed by atoms with Gasteiger partial charge in [-0.1, -0.05) is 32.6 Å². The van der Waals surface area contributed by atoms with Gasteiger partial charge in [-0.3, -0.25) is 9.59 Å². The topological polar surface area (TPSA) is 51.2 Å². The molecule has 3 heteroatoms. The van der Waals surface area contributed by atoms with Crippen molar-refractivity contribution in [3.05, 3.63) is 0 Å². The molecule has 0 heterocycles. The molecule has 0 aliphatic carbocycles. The van der Waals surface area contributed by atoms with Gasteiger partial charge < -0.3 is 4.79 Å². The minimum absolute atomic E-state index is 0.0293. The number of carbonyl (C=O) groups is 3. The second kappa shape index (κ2) is 9.56. The molecule has 0 atom stereocenters. The van der Waals surface area contributed by atoms with E-state index in [9.17, 15) is 14.4 Å². The van der Waals surface area contributed by atoms with E-state index in [1.807, 2.05) is 0 Å². The highest BCUT2D eigenvalue weighted by atomic mass is 16.2. The highest BCUT2D eigenvalue weighted by Gasteiger charge is 2.08. The van der Waals surface area contributed by atoms with Crippen LogP contribution in [0.2, 0.25) is 0 Å². The normalized spacial score (nSPS) is 9.93. The molecular formula is C12H20O3. The zero-order chi connectivity index (χ0) is 11.5. The van der Waals surface area contributed by atoms with Gasteiger partial charge in [0.1, 0.15) is 17.9 Å². The van der Waals surface area contributed by atoms with E-state index < -0.39 is 0 Å². The van der Waals surface area contributed by atoms with Crippen LogP contribution >= 0.6 is 0 Å². The third-order valence-electron chi connectivity index (χ3n) is 2.26. The first-order valence-electron chi connectivity index (χ1n) is 5.67. The Morgan fingerprint density at radius 3 is 2.27 bits per heavy atom. The zero-order valence-electron chi connectivity index (χ0n) is 9.46. The summed E-state index contributed by atoms with van der Waals surface area (Å²) in [6.07, 6.45) is 6.32. The van der Waals surface area contributed by atoms with Crippen molar-refractivity contribution >= 4 is 17.9 Å². The molecule has 0 spiro atoms. The number of unbranched alkanes of at least 4 members (excludes halogenated alkanes) is 4. The van der Waals surface area contributed by atoms with E-state index in [2.05, 4.69) is 6.92 Å². The van der Waals surface area contributed by atoms with Crippen molar-refractivity contribution in [2.45, 2.75) is 58.3 Å². The molecule has 0 radical (unpaired) electrons. The Balaban J connectivity index is 3.40. The van der Waals surface area contributed by atoms with Crippen molar-refractivity contribution in [1.82, 2.24) is 0 Å². The molecule has 0 aromatic rings. The average molecular weight is 212 g/mol. The molecule has 0 aromatic carbocycles. The Hall–Kier alpha value is -0.990. The van der Waals surface area contributed by atoms with E-state index in [-0.39, 0.29) is 24.4 Å². The van der Waals surface area contributed by atoms with Gasteiger partial charge in [-0.15, -0.1) is 0 Å². The van der Waals surface area contributed by atoms with Gasteiger partial charge in [-0.25, -0.2) is 0 Å². The van der Waals surface area contributed by atoms with Crippen molar-refractivity contribution in [3.8, 4) is 0 Å². The first-order valence-corrected chi connectivity index (χ1v) is 5.67. The number of aldehydes is 1. The predicted octanol–water partition coefficient (Wildman–Crippen LogP) is 2.46. The number of hydrogen-bond donors (Lipinski definition) is 0. The van der Waals surface area contributed by atoms with E-state index in [0.717, 1.165) is 19.3 Å². The molecule has 15 heavy (non-hydrogen) atoms. The number of carbonyl (C=O) groups excluding carboxylic acids is 3. The summed E-state index contributed by atoms with van der Waals surface area (Å²) in [6.45, 7) is 2.14. The van der Waals surface area contributed by atoms with Crippen LogP contribution in [0, 0.1) is 0 Å². The summed E-state index contributed by atoms with van der Waals surface area (Å²) in [5, 5.41) is 0. The summed E-state index contributed by atoms with van der Waals surface area (Å²) in [7, 11) is 0. The third kappa shape index (κ3) is 9.32. The maximum atomic E-state index is 11.2. The molecule has 0 fully saturated rings. The van der Waals surface area contributed by atoms with Gasteiger partial charge in [0.25, 0.3) is 0 Å². The monoisotopic (exact) mass is 212 g/mol. The van der Waals surface area contributed by atoms with Gasteiger partial charge in [0.2, 0.25) is 0 Å². The van der Waals surface area contributed by atoms with Gasteiger partial charge >= 0.3 is 0 Å². The van der Waals surface area contributed by atoms with Crippen molar-refractivity contribution in [2.75, 3.05) is 0 Å². The second-order valence-electron chi connectivity index (χ2n) is 3.79. The van der Waals surface area contributed by atoms with Gasteiger partial charge in [-0.2, -0.15) is 0 Å². The summed E-state index contributed by atoms with van der Waals surface area (Å²) >= 11 is 0. The predicted molar refractivity (Wildman–Crippen MR) is 58.7 cm³/mol. The summed E-state index contributed by atoms with van der Waals surface area (Å²) in [4.78, 5) is 32.2. The quantitative estimate of drug-likeness (QED) is 0.317. The molecule has 0 unspecified atom stereocenters. The highest BCUT2D eigenvalue weighted by Crippen LogP contribution is 2.06. The Morgan fingerprint density at radius 2 is 1.67 bits per heavy atom. The maximum absolute atomic E-state index is 11.2. The SMILES string of the molecule is CCCCCCCC(=O)CC(=O)CC=O. The lowest BCUT2D eigenvalue weighted by Gasteiger charge is -1.99. The van der Waals surface area contributed by atoms with Crippen molar-refractivity contribution in [1.29, 1.82) is 0 Å². The van der Waals surface area contributed by atoms with Gasteiger partial charge in [0, 0.05) is 6.42 Å². The van der Waals surface area contributed by atoms with Crippen LogP contribution in [0.15, 0.2) is 0 Å². The average Bonchev–Trinajstić information content (AvgIpc) is 2.17. The molecule has 0 saturated heterocycles. The second-order valence-corrected chi connectivity index (χ2v) is 3.79. The fourth-order valence-corrected chi connectivity index (χ4v) is 1.40. The zero-order valence-corrected chi connectivity index (χ0v) is 9.46. The van der Waals surface area contributed by atoms with Gasteiger partial charge in [0.05, 0.1) is 12.8 Å². The molecular weight excluding hydrogens is 192 g/mol. The maximum Gasteiger partial charge on any atom is 0.147 e. The molecule has 0 amide bonds. The standard InChI is InChI=1S/C12H20O3/c1-2-3-4-5-6-7-11(14)10-12(15)8-9-13/h9H,2-8,10H2,1H3. The van der Waals surface area contributed by atoms with E-state index in [1.54, 1.807) is 0 Å². The molecule has 86 valence electrons. The first-order chi connectivity index (χ1) is 7.20. The molecule has 0 rings (SSSR count). The molecule has 0 bridgehead atoms. The molecule has 0 aliphatic heterocycles. The van der Waals surface area contributed by atoms with Crippen molar-refractivity contribution < 1.29 is 14.4 Å². The number of Topliss-reactive ketones (excluding diaryl/α,β-unsaturated/α-hetero) is 2. The Labute approximate surface area is 91.2 Å². The summed E-state index contributed by atoms with van der Waals surface area (Å²) in [5.41, 5.74) is 0.